The van der Waals surface area contributed by atoms with Gasteiger partial charge in [0.2, 0.25) is 0 Å². The minimum atomic E-state index is -0.700. The summed E-state index contributed by atoms with van der Waals surface area (Å²) >= 11 is 0. The van der Waals surface area contributed by atoms with Gasteiger partial charge in [-0.2, -0.15) is 0 Å². The molecule has 1 atom stereocenters. The summed E-state index contributed by atoms with van der Waals surface area (Å²) in [6.45, 7) is 2.86. The van der Waals surface area contributed by atoms with Crippen LogP contribution in [0.15, 0.2) is 40.0 Å². The van der Waals surface area contributed by atoms with E-state index in [1.807, 2.05) is 43.1 Å². The first kappa shape index (κ1) is 15.2. The monoisotopic (exact) mass is 290 g/mol. The second kappa shape index (κ2) is 6.99. The van der Waals surface area contributed by atoms with Crippen LogP contribution in [0.3, 0.4) is 0 Å². The van der Waals surface area contributed by atoms with Crippen molar-refractivity contribution in [2.75, 3.05) is 13.6 Å². The number of aryl methyl sites for hydroxylation is 2. The minimum Gasteiger partial charge on any atom is -0.464 e. The number of rotatable bonds is 5. The molecular weight excluding hydrogens is 268 g/mol. The first-order valence-corrected chi connectivity index (χ1v) is 6.88. The van der Waals surface area contributed by atoms with Gasteiger partial charge in [0.1, 0.15) is 17.6 Å². The molecular formula is C15H22N4O2. The fourth-order valence-electron chi connectivity index (χ4n) is 2.00. The first-order valence-electron chi connectivity index (χ1n) is 6.88. The quantitative estimate of drug-likeness (QED) is 0.573. The summed E-state index contributed by atoms with van der Waals surface area (Å²) in [4.78, 5) is 4.13. The zero-order valence-corrected chi connectivity index (χ0v) is 12.6. The largest absolute Gasteiger partial charge is 0.464 e. The van der Waals surface area contributed by atoms with Crippen molar-refractivity contribution in [2.24, 2.45) is 12.0 Å². The number of aromatic nitrogens is 1. The lowest BCUT2D eigenvalue weighted by atomic mass is 10.3. The normalized spacial score (nSPS) is 13.2. The van der Waals surface area contributed by atoms with Crippen molar-refractivity contribution >= 4 is 5.96 Å². The van der Waals surface area contributed by atoms with E-state index in [-0.39, 0.29) is 0 Å². The number of hydrogen-bond donors (Lipinski definition) is 3. The van der Waals surface area contributed by atoms with E-state index in [1.165, 1.54) is 5.56 Å². The topological polar surface area (TPSA) is 74.7 Å². The van der Waals surface area contributed by atoms with Crippen molar-refractivity contribution in [1.82, 2.24) is 15.2 Å². The maximum absolute atomic E-state index is 10.0. The van der Waals surface area contributed by atoms with Gasteiger partial charge in [-0.05, 0) is 30.7 Å². The Balaban J connectivity index is 1.80. The number of nitrogens with one attached hydrogen (secondary N) is 2. The molecule has 0 bridgehead atoms. The molecule has 0 aliphatic rings. The fraction of sp³-hybridized carbons (Fsp3) is 0.400. The number of aliphatic hydroxyl groups is 1. The highest BCUT2D eigenvalue weighted by Gasteiger charge is 2.12. The number of furan rings is 1. The molecule has 0 aromatic carbocycles. The van der Waals surface area contributed by atoms with Gasteiger partial charge < -0.3 is 24.7 Å². The number of aliphatic imine (C=N–C) groups is 1. The van der Waals surface area contributed by atoms with Crippen molar-refractivity contribution in [2.45, 2.75) is 19.6 Å². The number of hydrogen-bond acceptors (Lipinski definition) is 3. The Morgan fingerprint density at radius 1 is 1.38 bits per heavy atom. The molecule has 114 valence electrons. The van der Waals surface area contributed by atoms with E-state index in [9.17, 15) is 5.11 Å². The Kier molecular flexibility index (Phi) is 5.05. The van der Waals surface area contributed by atoms with Gasteiger partial charge in [0, 0.05) is 33.0 Å². The maximum atomic E-state index is 10.0. The van der Waals surface area contributed by atoms with Crippen LogP contribution in [-0.4, -0.2) is 29.2 Å². The van der Waals surface area contributed by atoms with E-state index in [2.05, 4.69) is 15.6 Å². The van der Waals surface area contributed by atoms with Gasteiger partial charge in [-0.1, -0.05) is 0 Å². The molecule has 2 heterocycles. The molecule has 0 aliphatic heterocycles. The summed E-state index contributed by atoms with van der Waals surface area (Å²) in [7, 11) is 3.68. The molecule has 0 spiro atoms. The standard InChI is InChI=1S/C15H22N4O2/c1-11-4-5-14(21-11)13(20)9-18-15(16-2)17-8-12-6-7-19(3)10-12/h4-7,10,13,20H,8-9H2,1-3H3,(H2,16,17,18). The zero-order valence-electron chi connectivity index (χ0n) is 12.6. The summed E-state index contributed by atoms with van der Waals surface area (Å²) in [5, 5.41) is 16.3. The Morgan fingerprint density at radius 3 is 2.76 bits per heavy atom. The van der Waals surface area contributed by atoms with Gasteiger partial charge in [-0.25, -0.2) is 0 Å². The summed E-state index contributed by atoms with van der Waals surface area (Å²) in [6.07, 6.45) is 3.34. The molecule has 0 fully saturated rings. The molecule has 0 saturated carbocycles. The van der Waals surface area contributed by atoms with Gasteiger partial charge in [0.15, 0.2) is 5.96 Å². The summed E-state index contributed by atoms with van der Waals surface area (Å²) in [6, 6.07) is 5.66. The Bertz CT molecular complexity index is 600. The van der Waals surface area contributed by atoms with E-state index in [0.29, 0.717) is 24.8 Å². The lowest BCUT2D eigenvalue weighted by molar-refractivity contribution is 0.151. The van der Waals surface area contributed by atoms with Gasteiger partial charge in [0.25, 0.3) is 0 Å². The Hall–Kier alpha value is -2.21. The second-order valence-electron chi connectivity index (χ2n) is 4.96. The second-order valence-corrected chi connectivity index (χ2v) is 4.96. The Labute approximate surface area is 124 Å². The molecule has 0 amide bonds. The minimum absolute atomic E-state index is 0.335. The van der Waals surface area contributed by atoms with Crippen molar-refractivity contribution in [3.63, 3.8) is 0 Å². The number of aliphatic hydroxyl groups excluding tert-OH is 1. The maximum Gasteiger partial charge on any atom is 0.191 e. The van der Waals surface area contributed by atoms with Crippen LogP contribution >= 0.6 is 0 Å². The van der Waals surface area contributed by atoms with E-state index >= 15 is 0 Å². The molecule has 1 unspecified atom stereocenters. The van der Waals surface area contributed by atoms with Crippen LogP contribution in [0, 0.1) is 6.92 Å². The molecule has 6 heteroatoms. The molecule has 0 radical (unpaired) electrons. The molecule has 2 rings (SSSR count). The predicted octanol–water partition coefficient (Wildman–Crippen LogP) is 1.33. The Morgan fingerprint density at radius 2 is 2.19 bits per heavy atom. The summed E-state index contributed by atoms with van der Waals surface area (Å²) < 4.78 is 7.39. The third kappa shape index (κ3) is 4.39. The SMILES string of the molecule is CN=C(NCc1ccn(C)c1)NCC(O)c1ccc(C)o1. The summed E-state index contributed by atoms with van der Waals surface area (Å²) in [5.74, 6) is 1.98. The van der Waals surface area contributed by atoms with Crippen molar-refractivity contribution in [1.29, 1.82) is 0 Å². The molecule has 6 nitrogen and oxygen atoms in total. The lowest BCUT2D eigenvalue weighted by Crippen LogP contribution is -2.38. The van der Waals surface area contributed by atoms with Gasteiger partial charge in [-0.15, -0.1) is 0 Å². The lowest BCUT2D eigenvalue weighted by Gasteiger charge is -2.13. The van der Waals surface area contributed by atoms with Gasteiger partial charge in [0.05, 0.1) is 6.54 Å². The van der Waals surface area contributed by atoms with Crippen LogP contribution in [0.5, 0.6) is 0 Å². The molecule has 3 N–H and O–H groups in total. The number of guanidine groups is 1. The molecule has 0 aliphatic carbocycles. The van der Waals surface area contributed by atoms with Crippen molar-refractivity contribution in [3.05, 3.63) is 47.7 Å². The van der Waals surface area contributed by atoms with Crippen LogP contribution in [-0.2, 0) is 13.6 Å². The van der Waals surface area contributed by atoms with E-state index < -0.39 is 6.10 Å². The summed E-state index contributed by atoms with van der Waals surface area (Å²) in [5.41, 5.74) is 1.17. The van der Waals surface area contributed by atoms with Crippen LogP contribution in [0.2, 0.25) is 0 Å². The highest BCUT2D eigenvalue weighted by atomic mass is 16.4. The highest BCUT2D eigenvalue weighted by Crippen LogP contribution is 2.14. The fourth-order valence-corrected chi connectivity index (χ4v) is 2.00. The highest BCUT2D eigenvalue weighted by molar-refractivity contribution is 5.79. The average molecular weight is 290 g/mol. The molecule has 2 aromatic heterocycles. The van der Waals surface area contributed by atoms with Gasteiger partial charge in [-0.3, -0.25) is 4.99 Å². The molecule has 21 heavy (non-hydrogen) atoms. The first-order chi connectivity index (χ1) is 10.1. The molecule has 2 aromatic rings. The zero-order chi connectivity index (χ0) is 15.2. The molecule has 0 saturated heterocycles. The van der Waals surface area contributed by atoms with Gasteiger partial charge >= 0.3 is 0 Å². The third-order valence-electron chi connectivity index (χ3n) is 3.13. The van der Waals surface area contributed by atoms with E-state index in [0.717, 1.165) is 5.76 Å². The van der Waals surface area contributed by atoms with Crippen LogP contribution < -0.4 is 10.6 Å². The van der Waals surface area contributed by atoms with Crippen LogP contribution in [0.1, 0.15) is 23.2 Å². The average Bonchev–Trinajstić information content (AvgIpc) is 3.07. The predicted molar refractivity (Wildman–Crippen MR) is 82.0 cm³/mol. The smallest absolute Gasteiger partial charge is 0.191 e. The van der Waals surface area contributed by atoms with Crippen LogP contribution in [0.25, 0.3) is 0 Å². The van der Waals surface area contributed by atoms with Crippen molar-refractivity contribution in [3.8, 4) is 0 Å². The third-order valence-corrected chi connectivity index (χ3v) is 3.13. The van der Waals surface area contributed by atoms with E-state index in [4.69, 9.17) is 4.42 Å². The van der Waals surface area contributed by atoms with Crippen molar-refractivity contribution < 1.29 is 9.52 Å². The number of nitrogens with zero attached hydrogens (tertiary/aromatic N) is 2. The van der Waals surface area contributed by atoms with E-state index in [1.54, 1.807) is 13.1 Å². The van der Waals surface area contributed by atoms with Crippen LogP contribution in [0.4, 0.5) is 0 Å².